The van der Waals surface area contributed by atoms with Crippen LogP contribution in [0.4, 0.5) is 4.79 Å². The van der Waals surface area contributed by atoms with Gasteiger partial charge in [-0.05, 0) is 47.4 Å². The van der Waals surface area contributed by atoms with Crippen LogP contribution < -0.4 is 10.6 Å². The smallest absolute Gasteiger partial charge is 0.407 e. The number of carboxylic acids is 1. The van der Waals surface area contributed by atoms with Crippen LogP contribution in [0.15, 0.2) is 48.5 Å². The number of hydrogen-bond donors (Lipinski definition) is 3. The Morgan fingerprint density at radius 1 is 1.00 bits per heavy atom. The van der Waals surface area contributed by atoms with Crippen molar-refractivity contribution in [2.75, 3.05) is 6.61 Å². The van der Waals surface area contributed by atoms with Gasteiger partial charge in [0.15, 0.2) is 0 Å². The van der Waals surface area contributed by atoms with Crippen molar-refractivity contribution in [3.63, 3.8) is 0 Å². The fourth-order valence-electron chi connectivity index (χ4n) is 5.28. The molecule has 3 atom stereocenters. The van der Waals surface area contributed by atoms with Gasteiger partial charge in [0.2, 0.25) is 5.91 Å². The van der Waals surface area contributed by atoms with E-state index >= 15 is 0 Å². The number of carboxylic acid groups (broad SMARTS) is 1. The van der Waals surface area contributed by atoms with Gasteiger partial charge < -0.3 is 20.5 Å². The molecule has 0 heterocycles. The van der Waals surface area contributed by atoms with E-state index in [0.29, 0.717) is 12.8 Å². The highest BCUT2D eigenvalue weighted by Crippen LogP contribution is 2.44. The molecule has 0 spiro atoms. The molecule has 7 nitrogen and oxygen atoms in total. The molecule has 1 fully saturated rings. The molecular weight excluding hydrogens is 444 g/mol. The molecule has 2 aliphatic rings. The Balaban J connectivity index is 1.32. The highest BCUT2D eigenvalue weighted by atomic mass is 16.5. The van der Waals surface area contributed by atoms with Gasteiger partial charge in [-0.2, -0.15) is 0 Å². The quantitative estimate of drug-likeness (QED) is 0.510. The van der Waals surface area contributed by atoms with Gasteiger partial charge in [-0.15, -0.1) is 0 Å². The lowest BCUT2D eigenvalue weighted by molar-refractivity contribution is -0.143. The van der Waals surface area contributed by atoms with E-state index in [1.807, 2.05) is 38.1 Å². The molecule has 0 bridgehead atoms. The summed E-state index contributed by atoms with van der Waals surface area (Å²) in [6.07, 6.45) is 2.25. The second-order valence-corrected chi connectivity index (χ2v) is 9.99. The average Bonchev–Trinajstić information content (AvgIpc) is 3.16. The Labute approximate surface area is 206 Å². The number of hydrogen-bond acceptors (Lipinski definition) is 4. The van der Waals surface area contributed by atoms with Gasteiger partial charge in [0.25, 0.3) is 0 Å². The van der Waals surface area contributed by atoms with Crippen molar-refractivity contribution < 1.29 is 24.2 Å². The highest BCUT2D eigenvalue weighted by molar-refractivity contribution is 5.80. The van der Waals surface area contributed by atoms with Gasteiger partial charge in [-0.3, -0.25) is 9.59 Å². The summed E-state index contributed by atoms with van der Waals surface area (Å²) in [6, 6.07) is 15.8. The van der Waals surface area contributed by atoms with Crippen molar-refractivity contribution >= 4 is 18.0 Å². The van der Waals surface area contributed by atoms with E-state index in [1.165, 1.54) is 11.1 Å². The second kappa shape index (κ2) is 10.9. The fourth-order valence-corrected chi connectivity index (χ4v) is 5.28. The van der Waals surface area contributed by atoms with Crippen molar-refractivity contribution in [1.82, 2.24) is 10.6 Å². The number of carbonyl (C=O) groups excluding carboxylic acids is 2. The summed E-state index contributed by atoms with van der Waals surface area (Å²) in [5.74, 6) is -1.39. The van der Waals surface area contributed by atoms with Gasteiger partial charge in [-0.1, -0.05) is 68.8 Å². The number of ether oxygens (including phenoxy) is 1. The van der Waals surface area contributed by atoms with Crippen molar-refractivity contribution in [2.24, 2.45) is 11.8 Å². The first-order valence-corrected chi connectivity index (χ1v) is 12.5. The Bertz CT molecular complexity index is 1040. The molecule has 35 heavy (non-hydrogen) atoms. The summed E-state index contributed by atoms with van der Waals surface area (Å²) in [5, 5.41) is 15.1. The zero-order valence-corrected chi connectivity index (χ0v) is 20.3. The zero-order chi connectivity index (χ0) is 24.9. The van der Waals surface area contributed by atoms with Crippen molar-refractivity contribution in [2.45, 2.75) is 64.0 Å². The van der Waals surface area contributed by atoms with Crippen LogP contribution in [0.1, 0.15) is 63.0 Å². The summed E-state index contributed by atoms with van der Waals surface area (Å²) < 4.78 is 5.65. The molecule has 2 unspecified atom stereocenters. The molecule has 2 amide bonds. The number of alkyl carbamates (subject to hydrolysis) is 1. The first kappa shape index (κ1) is 24.8. The predicted octanol–water partition coefficient (Wildman–Crippen LogP) is 4.70. The number of fused-ring (bicyclic) bond motifs is 3. The Morgan fingerprint density at radius 3 is 2.23 bits per heavy atom. The number of nitrogens with one attached hydrogen (secondary N) is 2. The van der Waals surface area contributed by atoms with Crippen LogP contribution in [-0.2, 0) is 14.3 Å². The third-order valence-electron chi connectivity index (χ3n) is 7.25. The van der Waals surface area contributed by atoms with Crippen LogP contribution in [0.2, 0.25) is 0 Å². The molecule has 1 saturated carbocycles. The maximum atomic E-state index is 12.7. The molecule has 3 N–H and O–H groups in total. The topological polar surface area (TPSA) is 105 Å². The Morgan fingerprint density at radius 2 is 1.63 bits per heavy atom. The second-order valence-electron chi connectivity index (χ2n) is 9.99. The number of amides is 2. The van der Waals surface area contributed by atoms with Crippen LogP contribution in [-0.4, -0.2) is 41.8 Å². The van der Waals surface area contributed by atoms with Gasteiger partial charge in [-0.25, -0.2) is 4.79 Å². The van der Waals surface area contributed by atoms with Gasteiger partial charge >= 0.3 is 12.1 Å². The molecule has 0 aliphatic heterocycles. The minimum absolute atomic E-state index is 0.0255. The van der Waals surface area contributed by atoms with E-state index < -0.39 is 18.0 Å². The molecule has 2 aromatic carbocycles. The Kier molecular flexibility index (Phi) is 7.73. The van der Waals surface area contributed by atoms with E-state index in [9.17, 15) is 19.5 Å². The van der Waals surface area contributed by atoms with E-state index in [2.05, 4.69) is 34.9 Å². The van der Waals surface area contributed by atoms with E-state index in [4.69, 9.17) is 4.74 Å². The lowest BCUT2D eigenvalue weighted by atomic mass is 9.85. The minimum atomic E-state index is -0.805. The summed E-state index contributed by atoms with van der Waals surface area (Å²) in [7, 11) is 0. The van der Waals surface area contributed by atoms with Crippen molar-refractivity contribution in [1.29, 1.82) is 0 Å². The molecular formula is C28H34N2O5. The molecule has 2 aromatic rings. The van der Waals surface area contributed by atoms with Gasteiger partial charge in [0, 0.05) is 24.4 Å². The zero-order valence-electron chi connectivity index (χ0n) is 20.3. The van der Waals surface area contributed by atoms with E-state index in [0.717, 1.165) is 24.0 Å². The lowest BCUT2D eigenvalue weighted by Crippen LogP contribution is -2.45. The monoisotopic (exact) mass is 478 g/mol. The third kappa shape index (κ3) is 5.84. The SMILES string of the molecule is CC(C)[C@@H](CC(=O)NC1CCCC(C(=O)O)C1)NC(=O)OCC1c2ccccc2-c2ccccc21. The van der Waals surface area contributed by atoms with Crippen molar-refractivity contribution in [3.05, 3.63) is 59.7 Å². The summed E-state index contributed by atoms with van der Waals surface area (Å²) in [6.45, 7) is 4.11. The van der Waals surface area contributed by atoms with Crippen LogP contribution >= 0.6 is 0 Å². The normalized spacial score (nSPS) is 20.0. The summed E-state index contributed by atoms with van der Waals surface area (Å²) >= 11 is 0. The number of carbonyl (C=O) groups is 3. The van der Waals surface area contributed by atoms with Crippen LogP contribution in [0.5, 0.6) is 0 Å². The average molecular weight is 479 g/mol. The molecule has 0 radical (unpaired) electrons. The first-order chi connectivity index (χ1) is 16.8. The fraction of sp³-hybridized carbons (Fsp3) is 0.464. The third-order valence-corrected chi connectivity index (χ3v) is 7.25. The summed E-state index contributed by atoms with van der Waals surface area (Å²) in [5.41, 5.74) is 4.63. The Hall–Kier alpha value is -3.35. The van der Waals surface area contributed by atoms with Crippen LogP contribution in [0.3, 0.4) is 0 Å². The molecule has 186 valence electrons. The highest BCUT2D eigenvalue weighted by Gasteiger charge is 2.31. The predicted molar refractivity (Wildman–Crippen MR) is 133 cm³/mol. The van der Waals surface area contributed by atoms with Crippen LogP contribution in [0, 0.1) is 11.8 Å². The molecule has 7 heteroatoms. The van der Waals surface area contributed by atoms with E-state index in [-0.39, 0.29) is 42.9 Å². The number of aliphatic carboxylic acids is 1. The van der Waals surface area contributed by atoms with Gasteiger partial charge in [0.05, 0.1) is 5.92 Å². The largest absolute Gasteiger partial charge is 0.481 e. The van der Waals surface area contributed by atoms with Gasteiger partial charge in [0.1, 0.15) is 6.61 Å². The molecule has 2 aliphatic carbocycles. The standard InChI is InChI=1S/C28H34N2O5/c1-17(2)25(15-26(31)29-19-9-7-8-18(14-19)27(32)33)30-28(34)35-16-24-22-12-5-3-10-20(22)21-11-4-6-13-23(21)24/h3-6,10-13,17-19,24-25H,7-9,14-16H2,1-2H3,(H,29,31)(H,30,34)(H,32,33)/t18?,19?,25-/m1/s1. The van der Waals surface area contributed by atoms with Crippen molar-refractivity contribution in [3.8, 4) is 11.1 Å². The minimum Gasteiger partial charge on any atom is -0.481 e. The number of benzene rings is 2. The first-order valence-electron chi connectivity index (χ1n) is 12.5. The molecule has 4 rings (SSSR count). The van der Waals surface area contributed by atoms with E-state index in [1.54, 1.807) is 0 Å². The summed E-state index contributed by atoms with van der Waals surface area (Å²) in [4.78, 5) is 36.7. The molecule has 0 saturated heterocycles. The van der Waals surface area contributed by atoms with Crippen LogP contribution in [0.25, 0.3) is 11.1 Å². The molecule has 0 aromatic heterocycles. The lowest BCUT2D eigenvalue weighted by Gasteiger charge is -2.28. The number of rotatable bonds is 8. The maximum absolute atomic E-state index is 12.7. The maximum Gasteiger partial charge on any atom is 0.407 e.